The van der Waals surface area contributed by atoms with Gasteiger partial charge in [-0.1, -0.05) is 78.9 Å². The number of rotatable bonds is 6. The number of carbonyl (C=O) groups is 1. The number of sulfone groups is 1. The van der Waals surface area contributed by atoms with Crippen molar-refractivity contribution in [2.24, 2.45) is 0 Å². The van der Waals surface area contributed by atoms with Crippen LogP contribution in [0.5, 0.6) is 0 Å². The zero-order valence-corrected chi connectivity index (χ0v) is 19.4. The SMILES string of the molecule is O=C(c1cc(-c2ccccc2)nn1-c1ccccc1)N(Cc1ccccc1)[C@H]1CCS(=O)(=O)C1. The van der Waals surface area contributed by atoms with E-state index in [4.69, 9.17) is 5.10 Å². The molecular weight excluding hydrogens is 446 g/mol. The largest absolute Gasteiger partial charge is 0.329 e. The second-order valence-corrected chi connectivity index (χ2v) is 10.7. The van der Waals surface area contributed by atoms with Crippen LogP contribution in [-0.2, 0) is 16.4 Å². The fourth-order valence-electron chi connectivity index (χ4n) is 4.36. The van der Waals surface area contributed by atoms with Crippen LogP contribution in [0.25, 0.3) is 16.9 Å². The number of aromatic nitrogens is 2. The third-order valence-corrected chi connectivity index (χ3v) is 7.85. The summed E-state index contributed by atoms with van der Waals surface area (Å²) in [5.74, 6) is -0.149. The van der Waals surface area contributed by atoms with Crippen LogP contribution in [-0.4, -0.2) is 46.6 Å². The van der Waals surface area contributed by atoms with Gasteiger partial charge in [-0.3, -0.25) is 4.79 Å². The van der Waals surface area contributed by atoms with E-state index in [0.29, 0.717) is 24.4 Å². The number of nitrogens with zero attached hydrogens (tertiary/aromatic N) is 3. The number of hydrogen-bond donors (Lipinski definition) is 0. The van der Waals surface area contributed by atoms with E-state index >= 15 is 0 Å². The van der Waals surface area contributed by atoms with Gasteiger partial charge < -0.3 is 4.90 Å². The first-order valence-corrected chi connectivity index (χ1v) is 13.1. The summed E-state index contributed by atoms with van der Waals surface area (Å²) in [7, 11) is -3.16. The van der Waals surface area contributed by atoms with E-state index in [1.165, 1.54) is 0 Å². The Bertz CT molecular complexity index is 1390. The second kappa shape index (κ2) is 9.27. The Hall–Kier alpha value is -3.71. The van der Waals surface area contributed by atoms with Crippen molar-refractivity contribution in [3.8, 4) is 16.9 Å². The number of amides is 1. The highest BCUT2D eigenvalue weighted by atomic mass is 32.2. The van der Waals surface area contributed by atoms with E-state index in [9.17, 15) is 13.2 Å². The second-order valence-electron chi connectivity index (χ2n) is 8.50. The third kappa shape index (κ3) is 4.65. The van der Waals surface area contributed by atoms with Crippen molar-refractivity contribution in [1.29, 1.82) is 0 Å². The lowest BCUT2D eigenvalue weighted by Crippen LogP contribution is -2.41. The molecule has 0 radical (unpaired) electrons. The molecule has 0 aliphatic carbocycles. The van der Waals surface area contributed by atoms with Gasteiger partial charge in [0.25, 0.3) is 5.91 Å². The summed E-state index contributed by atoms with van der Waals surface area (Å²) >= 11 is 0. The fourth-order valence-corrected chi connectivity index (χ4v) is 6.10. The highest BCUT2D eigenvalue weighted by Gasteiger charge is 2.36. The molecule has 1 fully saturated rings. The van der Waals surface area contributed by atoms with Gasteiger partial charge in [0.2, 0.25) is 0 Å². The smallest absolute Gasteiger partial charge is 0.273 e. The standard InChI is InChI=1S/C27H25N3O3S/c31-27(29(19-21-10-4-1-5-11-21)24-16-17-34(32,33)20-24)26-18-25(22-12-6-2-7-13-22)28-30(26)23-14-8-3-9-15-23/h1-15,18,24H,16-17,19-20H2/t24-/m0/s1. The first kappa shape index (κ1) is 22.1. The van der Waals surface area contributed by atoms with Crippen LogP contribution in [0.15, 0.2) is 97.1 Å². The summed E-state index contributed by atoms with van der Waals surface area (Å²) in [4.78, 5) is 15.8. The van der Waals surface area contributed by atoms with Gasteiger partial charge in [0.05, 0.1) is 22.9 Å². The van der Waals surface area contributed by atoms with Crippen LogP contribution in [0.2, 0.25) is 0 Å². The first-order valence-electron chi connectivity index (χ1n) is 11.3. The molecule has 1 amide bonds. The van der Waals surface area contributed by atoms with Crippen molar-refractivity contribution < 1.29 is 13.2 Å². The molecule has 0 N–H and O–H groups in total. The van der Waals surface area contributed by atoms with Crippen LogP contribution in [0.3, 0.4) is 0 Å². The molecule has 34 heavy (non-hydrogen) atoms. The molecular formula is C27H25N3O3S. The Morgan fingerprint density at radius 2 is 1.53 bits per heavy atom. The van der Waals surface area contributed by atoms with Crippen LogP contribution in [0.1, 0.15) is 22.5 Å². The van der Waals surface area contributed by atoms with E-state index in [-0.39, 0.29) is 23.5 Å². The number of hydrogen-bond acceptors (Lipinski definition) is 4. The number of carbonyl (C=O) groups excluding carboxylic acids is 1. The van der Waals surface area contributed by atoms with Gasteiger partial charge in [-0.05, 0) is 30.2 Å². The molecule has 7 heteroatoms. The van der Waals surface area contributed by atoms with Crippen molar-refractivity contribution in [3.05, 3.63) is 108 Å². The summed E-state index contributed by atoms with van der Waals surface area (Å²) in [6, 6.07) is 30.3. The van der Waals surface area contributed by atoms with Crippen molar-refractivity contribution in [3.63, 3.8) is 0 Å². The predicted octanol–water partition coefficient (Wildman–Crippen LogP) is 4.37. The molecule has 0 bridgehead atoms. The van der Waals surface area contributed by atoms with Gasteiger partial charge in [0, 0.05) is 18.2 Å². The molecule has 1 saturated heterocycles. The van der Waals surface area contributed by atoms with Gasteiger partial charge in [0.1, 0.15) is 5.69 Å². The molecule has 3 aromatic carbocycles. The lowest BCUT2D eigenvalue weighted by molar-refractivity contribution is 0.0671. The molecule has 1 aromatic heterocycles. The highest BCUT2D eigenvalue weighted by Crippen LogP contribution is 2.26. The average Bonchev–Trinajstić information content (AvgIpc) is 3.47. The van der Waals surface area contributed by atoms with Crippen LogP contribution in [0, 0.1) is 0 Å². The van der Waals surface area contributed by atoms with E-state index in [2.05, 4.69) is 0 Å². The van der Waals surface area contributed by atoms with E-state index in [1.807, 2.05) is 91.0 Å². The highest BCUT2D eigenvalue weighted by molar-refractivity contribution is 7.91. The topological polar surface area (TPSA) is 72.3 Å². The van der Waals surface area contributed by atoms with Gasteiger partial charge in [-0.25, -0.2) is 13.1 Å². The van der Waals surface area contributed by atoms with Crippen LogP contribution in [0.4, 0.5) is 0 Å². The number of benzene rings is 3. The van der Waals surface area contributed by atoms with Gasteiger partial charge in [-0.15, -0.1) is 0 Å². The summed E-state index contributed by atoms with van der Waals surface area (Å²) in [5.41, 5.74) is 3.72. The zero-order valence-electron chi connectivity index (χ0n) is 18.6. The summed E-state index contributed by atoms with van der Waals surface area (Å²) in [6.45, 7) is 0.334. The van der Waals surface area contributed by atoms with Gasteiger partial charge in [0.15, 0.2) is 9.84 Å². The fraction of sp³-hybridized carbons (Fsp3) is 0.185. The van der Waals surface area contributed by atoms with Gasteiger partial charge in [-0.2, -0.15) is 5.10 Å². The molecule has 0 spiro atoms. The van der Waals surface area contributed by atoms with Crippen molar-refractivity contribution >= 4 is 15.7 Å². The lowest BCUT2D eigenvalue weighted by atomic mass is 10.1. The Kier molecular flexibility index (Phi) is 6.02. The minimum Gasteiger partial charge on any atom is -0.329 e. The molecule has 1 aliphatic heterocycles. The third-order valence-electron chi connectivity index (χ3n) is 6.10. The molecule has 0 saturated carbocycles. The summed E-state index contributed by atoms with van der Waals surface area (Å²) < 4.78 is 26.2. The maximum Gasteiger partial charge on any atom is 0.273 e. The Labute approximate surface area is 199 Å². The van der Waals surface area contributed by atoms with E-state index in [1.54, 1.807) is 15.6 Å². The normalized spacial score (nSPS) is 16.9. The lowest BCUT2D eigenvalue weighted by Gasteiger charge is -2.28. The average molecular weight is 472 g/mol. The maximum atomic E-state index is 14.1. The zero-order chi connectivity index (χ0) is 23.5. The molecule has 2 heterocycles. The summed E-state index contributed by atoms with van der Waals surface area (Å²) in [5, 5.41) is 4.77. The van der Waals surface area contributed by atoms with E-state index in [0.717, 1.165) is 16.8 Å². The van der Waals surface area contributed by atoms with Crippen LogP contribution < -0.4 is 0 Å². The maximum absolute atomic E-state index is 14.1. The van der Waals surface area contributed by atoms with Crippen LogP contribution >= 0.6 is 0 Å². The molecule has 1 aliphatic rings. The molecule has 6 nitrogen and oxygen atoms in total. The Balaban J connectivity index is 1.59. The Morgan fingerprint density at radius 1 is 0.912 bits per heavy atom. The Morgan fingerprint density at radius 3 is 2.15 bits per heavy atom. The quantitative estimate of drug-likeness (QED) is 0.419. The van der Waals surface area contributed by atoms with Crippen molar-refractivity contribution in [2.75, 3.05) is 11.5 Å². The molecule has 5 rings (SSSR count). The monoisotopic (exact) mass is 471 g/mol. The minimum absolute atomic E-state index is 0.0173. The first-order chi connectivity index (χ1) is 16.5. The molecule has 172 valence electrons. The molecule has 4 aromatic rings. The van der Waals surface area contributed by atoms with Gasteiger partial charge >= 0.3 is 0 Å². The predicted molar refractivity (Wildman–Crippen MR) is 132 cm³/mol. The molecule has 1 atom stereocenters. The van der Waals surface area contributed by atoms with Crippen molar-refractivity contribution in [1.82, 2.24) is 14.7 Å². The minimum atomic E-state index is -3.16. The number of para-hydroxylation sites is 1. The molecule has 0 unspecified atom stereocenters. The summed E-state index contributed by atoms with van der Waals surface area (Å²) in [6.07, 6.45) is 0.436. The van der Waals surface area contributed by atoms with E-state index < -0.39 is 9.84 Å². The van der Waals surface area contributed by atoms with Crippen molar-refractivity contribution in [2.45, 2.75) is 19.0 Å².